The molecule has 1 aromatic carbocycles. The maximum absolute atomic E-state index is 12.0. The molecule has 0 aromatic heterocycles. The van der Waals surface area contributed by atoms with Gasteiger partial charge in [-0.15, -0.1) is 0 Å². The van der Waals surface area contributed by atoms with Crippen LogP contribution in [-0.4, -0.2) is 35.6 Å². The van der Waals surface area contributed by atoms with Crippen molar-refractivity contribution in [2.45, 2.75) is 19.4 Å². The summed E-state index contributed by atoms with van der Waals surface area (Å²) in [6, 6.07) is 5.12. The summed E-state index contributed by atoms with van der Waals surface area (Å²) in [7, 11) is 1.71. The number of benzene rings is 1. The highest BCUT2D eigenvalue weighted by atomic mass is 79.9. The molecular formula is C12H17BrN2O2. The van der Waals surface area contributed by atoms with E-state index in [2.05, 4.69) is 15.9 Å². The van der Waals surface area contributed by atoms with Crippen molar-refractivity contribution in [1.29, 1.82) is 0 Å². The summed E-state index contributed by atoms with van der Waals surface area (Å²) >= 11 is 3.28. The average Bonchev–Trinajstić information content (AvgIpc) is 2.28. The number of carbonyl (C=O) groups excluding carboxylic acids is 1. The van der Waals surface area contributed by atoms with Crippen LogP contribution in [0.5, 0.6) is 0 Å². The molecule has 0 bridgehead atoms. The third-order valence-corrected chi connectivity index (χ3v) is 3.19. The molecule has 4 nitrogen and oxygen atoms in total. The highest BCUT2D eigenvalue weighted by Gasteiger charge is 2.13. The van der Waals surface area contributed by atoms with Crippen LogP contribution in [0.15, 0.2) is 22.7 Å². The summed E-state index contributed by atoms with van der Waals surface area (Å²) in [6.07, 6.45) is 0.161. The fourth-order valence-corrected chi connectivity index (χ4v) is 1.63. The lowest BCUT2D eigenvalue weighted by Gasteiger charge is -2.18. The molecule has 94 valence electrons. The predicted octanol–water partition coefficient (Wildman–Crippen LogP) is 1.87. The van der Waals surface area contributed by atoms with Gasteiger partial charge in [-0.1, -0.05) is 0 Å². The Morgan fingerprint density at radius 2 is 2.24 bits per heavy atom. The van der Waals surface area contributed by atoms with E-state index >= 15 is 0 Å². The van der Waals surface area contributed by atoms with E-state index in [1.54, 1.807) is 37.1 Å². The first kappa shape index (κ1) is 14.0. The van der Waals surface area contributed by atoms with Gasteiger partial charge in [-0.05, 0) is 47.5 Å². The number of hydrogen-bond donors (Lipinski definition) is 2. The van der Waals surface area contributed by atoms with Crippen LogP contribution in [0.4, 0.5) is 5.69 Å². The molecule has 1 amide bonds. The van der Waals surface area contributed by atoms with Gasteiger partial charge in [0.2, 0.25) is 0 Å². The lowest BCUT2D eigenvalue weighted by molar-refractivity contribution is 0.0769. The summed E-state index contributed by atoms with van der Waals surface area (Å²) in [6.45, 7) is 2.22. The molecule has 3 N–H and O–H groups in total. The Morgan fingerprint density at radius 1 is 1.59 bits per heavy atom. The topological polar surface area (TPSA) is 66.6 Å². The molecule has 0 spiro atoms. The van der Waals surface area contributed by atoms with Gasteiger partial charge in [-0.2, -0.15) is 0 Å². The van der Waals surface area contributed by atoms with Crippen LogP contribution in [0.3, 0.4) is 0 Å². The molecule has 0 saturated heterocycles. The Morgan fingerprint density at radius 3 is 2.76 bits per heavy atom. The van der Waals surface area contributed by atoms with Crippen molar-refractivity contribution < 1.29 is 9.90 Å². The van der Waals surface area contributed by atoms with Crippen molar-refractivity contribution in [3.63, 3.8) is 0 Å². The van der Waals surface area contributed by atoms with Crippen molar-refractivity contribution in [3.05, 3.63) is 28.2 Å². The molecule has 1 aromatic rings. The molecule has 1 atom stereocenters. The van der Waals surface area contributed by atoms with Crippen molar-refractivity contribution in [3.8, 4) is 0 Å². The number of carbonyl (C=O) groups is 1. The summed E-state index contributed by atoms with van der Waals surface area (Å²) in [5.74, 6) is -0.0927. The first-order valence-corrected chi connectivity index (χ1v) is 6.19. The van der Waals surface area contributed by atoms with E-state index in [0.717, 1.165) is 4.47 Å². The monoisotopic (exact) mass is 300 g/mol. The Labute approximate surface area is 110 Å². The number of hydrogen-bond acceptors (Lipinski definition) is 3. The lowest BCUT2D eigenvalue weighted by atomic mass is 10.1. The molecule has 17 heavy (non-hydrogen) atoms. The van der Waals surface area contributed by atoms with E-state index in [9.17, 15) is 4.79 Å². The van der Waals surface area contributed by atoms with E-state index in [4.69, 9.17) is 10.8 Å². The third kappa shape index (κ3) is 4.02. The summed E-state index contributed by atoms with van der Waals surface area (Å²) in [5.41, 5.74) is 6.82. The molecule has 0 aliphatic carbocycles. The highest BCUT2D eigenvalue weighted by Crippen LogP contribution is 2.20. The molecule has 1 rings (SSSR count). The van der Waals surface area contributed by atoms with Gasteiger partial charge in [0.05, 0.1) is 6.10 Å². The Hall–Kier alpha value is -1.07. The molecule has 0 fully saturated rings. The zero-order valence-corrected chi connectivity index (χ0v) is 11.6. The quantitative estimate of drug-likeness (QED) is 0.834. The first-order chi connectivity index (χ1) is 7.91. The maximum atomic E-state index is 12.0. The number of nitrogens with zero attached hydrogens (tertiary/aromatic N) is 1. The van der Waals surface area contributed by atoms with E-state index in [1.165, 1.54) is 0 Å². The SMILES string of the molecule is CC(O)CCN(C)C(=O)c1ccc(Br)c(N)c1. The van der Waals surface area contributed by atoms with E-state index in [0.29, 0.717) is 24.2 Å². The summed E-state index contributed by atoms with van der Waals surface area (Å²) < 4.78 is 0.778. The van der Waals surface area contributed by atoms with Crippen LogP contribution < -0.4 is 5.73 Å². The average molecular weight is 301 g/mol. The fourth-order valence-electron chi connectivity index (χ4n) is 1.38. The minimum atomic E-state index is -0.403. The van der Waals surface area contributed by atoms with Gasteiger partial charge in [0.25, 0.3) is 5.91 Å². The van der Waals surface area contributed by atoms with Gasteiger partial charge in [-0.25, -0.2) is 0 Å². The number of aliphatic hydroxyl groups is 1. The standard InChI is InChI=1S/C12H17BrN2O2/c1-8(16)5-6-15(2)12(17)9-3-4-10(13)11(14)7-9/h3-4,7-8,16H,5-6,14H2,1-2H3. The van der Waals surface area contributed by atoms with Crippen molar-refractivity contribution in [2.24, 2.45) is 0 Å². The minimum absolute atomic E-state index is 0.0927. The highest BCUT2D eigenvalue weighted by molar-refractivity contribution is 9.10. The zero-order valence-electron chi connectivity index (χ0n) is 9.98. The Bertz CT molecular complexity index is 407. The Balaban J connectivity index is 2.71. The van der Waals surface area contributed by atoms with Crippen molar-refractivity contribution in [2.75, 3.05) is 19.3 Å². The number of halogens is 1. The molecule has 0 aliphatic heterocycles. The van der Waals surface area contributed by atoms with Crippen LogP contribution in [-0.2, 0) is 0 Å². The molecule has 0 heterocycles. The molecule has 0 radical (unpaired) electrons. The van der Waals surface area contributed by atoms with Crippen molar-refractivity contribution >= 4 is 27.5 Å². The van der Waals surface area contributed by atoms with Gasteiger partial charge < -0.3 is 15.7 Å². The largest absolute Gasteiger partial charge is 0.398 e. The fraction of sp³-hybridized carbons (Fsp3) is 0.417. The summed E-state index contributed by atoms with van der Waals surface area (Å²) in [4.78, 5) is 13.6. The minimum Gasteiger partial charge on any atom is -0.398 e. The van der Waals surface area contributed by atoms with E-state index in [-0.39, 0.29) is 5.91 Å². The predicted molar refractivity (Wildman–Crippen MR) is 71.8 cm³/mol. The van der Waals surface area contributed by atoms with Gasteiger partial charge in [0, 0.05) is 29.3 Å². The molecule has 0 saturated carbocycles. The summed E-state index contributed by atoms with van der Waals surface area (Å²) in [5, 5.41) is 9.17. The van der Waals surface area contributed by atoms with E-state index in [1.807, 2.05) is 0 Å². The molecular weight excluding hydrogens is 284 g/mol. The van der Waals surface area contributed by atoms with Crippen molar-refractivity contribution in [1.82, 2.24) is 4.90 Å². The van der Waals surface area contributed by atoms with Gasteiger partial charge in [0.1, 0.15) is 0 Å². The van der Waals surface area contributed by atoms with Gasteiger partial charge >= 0.3 is 0 Å². The number of nitrogen functional groups attached to an aromatic ring is 1. The number of aliphatic hydroxyl groups excluding tert-OH is 1. The number of anilines is 1. The zero-order chi connectivity index (χ0) is 13.0. The van der Waals surface area contributed by atoms with Crippen LogP contribution in [0.25, 0.3) is 0 Å². The number of amides is 1. The van der Waals surface area contributed by atoms with E-state index < -0.39 is 6.10 Å². The number of nitrogens with two attached hydrogens (primary N) is 1. The molecule has 5 heteroatoms. The van der Waals surface area contributed by atoms with Crippen LogP contribution >= 0.6 is 15.9 Å². The lowest BCUT2D eigenvalue weighted by Crippen LogP contribution is -2.29. The first-order valence-electron chi connectivity index (χ1n) is 5.40. The smallest absolute Gasteiger partial charge is 0.253 e. The third-order valence-electron chi connectivity index (χ3n) is 2.47. The van der Waals surface area contributed by atoms with Crippen LogP contribution in [0.1, 0.15) is 23.7 Å². The Kier molecular flexibility index (Phi) is 4.96. The number of rotatable bonds is 4. The second-order valence-corrected chi connectivity index (χ2v) is 4.96. The second kappa shape index (κ2) is 6.02. The maximum Gasteiger partial charge on any atom is 0.253 e. The second-order valence-electron chi connectivity index (χ2n) is 4.10. The molecule has 0 aliphatic rings. The normalized spacial score (nSPS) is 12.2. The van der Waals surface area contributed by atoms with Crippen LogP contribution in [0.2, 0.25) is 0 Å². The van der Waals surface area contributed by atoms with Gasteiger partial charge in [-0.3, -0.25) is 4.79 Å². The molecule has 1 unspecified atom stereocenters. The van der Waals surface area contributed by atoms with Crippen LogP contribution in [0, 0.1) is 0 Å². The van der Waals surface area contributed by atoms with Gasteiger partial charge in [0.15, 0.2) is 0 Å².